The maximum absolute atomic E-state index is 4.65. The van der Waals surface area contributed by atoms with Crippen LogP contribution in [0.25, 0.3) is 11.0 Å². The van der Waals surface area contributed by atoms with Gasteiger partial charge in [0.15, 0.2) is 0 Å². The molecule has 0 aliphatic carbocycles. The average molecular weight is 285 g/mol. The number of aromatic nitrogens is 2. The fourth-order valence-electron chi connectivity index (χ4n) is 4.15. The molecule has 0 unspecified atom stereocenters. The van der Waals surface area contributed by atoms with Crippen LogP contribution >= 0.6 is 0 Å². The number of quaternary nitrogens is 1. The van der Waals surface area contributed by atoms with Crippen LogP contribution in [0, 0.1) is 0 Å². The van der Waals surface area contributed by atoms with E-state index in [0.29, 0.717) is 0 Å². The number of imidazole rings is 1. The molecule has 112 valence electrons. The van der Waals surface area contributed by atoms with Crippen LogP contribution in [-0.2, 0) is 0 Å². The van der Waals surface area contributed by atoms with E-state index in [1.165, 1.54) is 70.2 Å². The van der Waals surface area contributed by atoms with Gasteiger partial charge in [-0.15, -0.1) is 9.71 Å². The van der Waals surface area contributed by atoms with Gasteiger partial charge in [-0.1, -0.05) is 18.6 Å². The second-order valence-electron chi connectivity index (χ2n) is 6.48. The minimum Gasteiger partial charge on any atom is -0.231 e. The fourth-order valence-corrected chi connectivity index (χ4v) is 4.15. The van der Waals surface area contributed by atoms with Gasteiger partial charge >= 0.3 is 0 Å². The first-order chi connectivity index (χ1) is 10.4. The summed E-state index contributed by atoms with van der Waals surface area (Å²) in [5.74, 6) is 0. The summed E-state index contributed by atoms with van der Waals surface area (Å²) in [7, 11) is 0. The van der Waals surface area contributed by atoms with E-state index in [9.17, 15) is 0 Å². The lowest BCUT2D eigenvalue weighted by atomic mass is 10.1. The Hall–Kier alpha value is -1.39. The third-order valence-corrected chi connectivity index (χ3v) is 5.23. The zero-order valence-electron chi connectivity index (χ0n) is 12.7. The van der Waals surface area contributed by atoms with Gasteiger partial charge in [-0.2, -0.15) is 4.68 Å². The molecular weight excluding hydrogens is 260 g/mol. The zero-order valence-corrected chi connectivity index (χ0v) is 12.7. The highest BCUT2D eigenvalue weighted by molar-refractivity contribution is 5.75. The van der Waals surface area contributed by atoms with Gasteiger partial charge in [0.2, 0.25) is 0 Å². The number of nitrogens with zero attached hydrogens (tertiary/aromatic N) is 4. The molecule has 0 spiro atoms. The Morgan fingerprint density at radius 3 is 2.38 bits per heavy atom. The van der Waals surface area contributed by atoms with E-state index >= 15 is 0 Å². The number of rotatable bonds is 2. The minimum absolute atomic E-state index is 0.987. The molecule has 2 aliphatic heterocycles. The van der Waals surface area contributed by atoms with Gasteiger partial charge in [0.1, 0.15) is 24.9 Å². The van der Waals surface area contributed by atoms with Crippen molar-refractivity contribution in [1.82, 2.24) is 19.4 Å². The first kappa shape index (κ1) is 13.3. The van der Waals surface area contributed by atoms with Crippen LogP contribution < -0.4 is 4.70 Å². The molecule has 21 heavy (non-hydrogen) atoms. The van der Waals surface area contributed by atoms with Crippen molar-refractivity contribution in [3.8, 4) is 0 Å². The van der Waals surface area contributed by atoms with Crippen LogP contribution in [0.2, 0.25) is 0 Å². The number of hydrogen-bond acceptors (Lipinski definition) is 2. The van der Waals surface area contributed by atoms with Crippen molar-refractivity contribution in [1.29, 1.82) is 0 Å². The number of piperidine rings is 2. The van der Waals surface area contributed by atoms with E-state index in [1.807, 2.05) is 0 Å². The van der Waals surface area contributed by atoms with Gasteiger partial charge in [-0.05, 0) is 31.4 Å². The average Bonchev–Trinajstić information content (AvgIpc) is 3.01. The zero-order chi connectivity index (χ0) is 14.1. The second kappa shape index (κ2) is 5.43. The van der Waals surface area contributed by atoms with Gasteiger partial charge in [0, 0.05) is 12.8 Å². The van der Waals surface area contributed by atoms with E-state index < -0.39 is 0 Å². The number of para-hydroxylation sites is 2. The molecule has 0 bridgehead atoms. The summed E-state index contributed by atoms with van der Waals surface area (Å²) in [5.41, 5.74) is 2.41. The summed E-state index contributed by atoms with van der Waals surface area (Å²) in [6.45, 7) is 4.90. The molecule has 0 radical (unpaired) electrons. The van der Waals surface area contributed by atoms with Crippen molar-refractivity contribution in [3.63, 3.8) is 0 Å². The second-order valence-corrected chi connectivity index (χ2v) is 6.48. The van der Waals surface area contributed by atoms with Gasteiger partial charge in [0.25, 0.3) is 0 Å². The predicted molar refractivity (Wildman–Crippen MR) is 86.3 cm³/mol. The Balaban J connectivity index is 1.81. The molecule has 1 aromatic carbocycles. The summed E-state index contributed by atoms with van der Waals surface area (Å²) in [6, 6.07) is 8.57. The lowest BCUT2D eigenvalue weighted by molar-refractivity contribution is -0.126. The van der Waals surface area contributed by atoms with E-state index in [2.05, 4.69) is 45.3 Å². The molecule has 2 fully saturated rings. The van der Waals surface area contributed by atoms with Crippen molar-refractivity contribution >= 4 is 11.0 Å². The van der Waals surface area contributed by atoms with Crippen LogP contribution in [0.4, 0.5) is 0 Å². The Labute approximate surface area is 126 Å². The van der Waals surface area contributed by atoms with Crippen molar-refractivity contribution < 1.29 is 0 Å². The molecule has 3 heterocycles. The quantitative estimate of drug-likeness (QED) is 0.791. The Morgan fingerprint density at radius 2 is 1.57 bits per heavy atom. The summed E-state index contributed by atoms with van der Waals surface area (Å²) in [6.07, 6.45) is 10.2. The Morgan fingerprint density at radius 1 is 0.857 bits per heavy atom. The van der Waals surface area contributed by atoms with Crippen LogP contribution in [0.3, 0.4) is 0 Å². The largest absolute Gasteiger partial charge is 0.231 e. The maximum atomic E-state index is 4.65. The van der Waals surface area contributed by atoms with Crippen LogP contribution in [0.1, 0.15) is 38.5 Å². The van der Waals surface area contributed by atoms with Crippen LogP contribution in [0.15, 0.2) is 30.6 Å². The van der Waals surface area contributed by atoms with Crippen LogP contribution in [0.5, 0.6) is 0 Å². The lowest BCUT2D eigenvalue weighted by Crippen LogP contribution is -2.71. The van der Waals surface area contributed by atoms with Gasteiger partial charge < -0.3 is 0 Å². The number of benzene rings is 1. The molecule has 0 atom stereocenters. The molecule has 2 aliphatic rings. The van der Waals surface area contributed by atoms with Crippen molar-refractivity contribution in [2.24, 2.45) is 0 Å². The topological polar surface area (TPSA) is 21.1 Å². The van der Waals surface area contributed by atoms with Crippen molar-refractivity contribution in [2.45, 2.75) is 38.5 Å². The molecule has 0 N–H and O–H groups in total. The summed E-state index contributed by atoms with van der Waals surface area (Å²) in [4.78, 5) is 4.65. The van der Waals surface area contributed by atoms with Gasteiger partial charge in [-0.25, -0.2) is 4.98 Å². The van der Waals surface area contributed by atoms with E-state index in [4.69, 9.17) is 0 Å². The Kier molecular flexibility index (Phi) is 3.43. The highest BCUT2D eigenvalue weighted by atomic mass is 15.9. The SMILES string of the molecule is c1ccc2c(c1)ncn2[N+]1(N2CCCCC2)CCCCC1. The minimum atomic E-state index is 0.987. The molecule has 2 aromatic rings. The van der Waals surface area contributed by atoms with Gasteiger partial charge in [0.05, 0.1) is 18.6 Å². The summed E-state index contributed by atoms with van der Waals surface area (Å²) >= 11 is 0. The molecule has 1 aromatic heterocycles. The first-order valence-electron chi connectivity index (χ1n) is 8.46. The maximum Gasteiger partial charge on any atom is 0.149 e. The van der Waals surface area contributed by atoms with E-state index in [1.54, 1.807) is 0 Å². The molecule has 4 heteroatoms. The first-order valence-corrected chi connectivity index (χ1v) is 8.46. The highest BCUT2D eigenvalue weighted by Gasteiger charge is 2.41. The normalized spacial score (nSPS) is 23.4. The molecule has 0 amide bonds. The monoisotopic (exact) mass is 285 g/mol. The highest BCUT2D eigenvalue weighted by Crippen LogP contribution is 2.27. The van der Waals surface area contributed by atoms with Crippen LogP contribution in [-0.4, -0.2) is 40.8 Å². The lowest BCUT2D eigenvalue weighted by Gasteiger charge is -2.48. The standard InChI is InChI=1S/C17H25N4/c1-5-11-19(12-6-1)21(13-7-2-8-14-21)20-15-18-16-9-3-4-10-17(16)20/h3-4,9-10,15H,1-2,5-8,11-14H2/q+1. The number of hydrogen-bond donors (Lipinski definition) is 0. The third kappa shape index (κ3) is 2.17. The molecule has 4 nitrogen and oxygen atoms in total. The van der Waals surface area contributed by atoms with Crippen molar-refractivity contribution in [2.75, 3.05) is 26.2 Å². The molecular formula is C17H25N4+. The molecule has 2 saturated heterocycles. The van der Waals surface area contributed by atoms with Crippen molar-refractivity contribution in [3.05, 3.63) is 30.6 Å². The van der Waals surface area contributed by atoms with Gasteiger partial charge in [-0.3, -0.25) is 0 Å². The number of fused-ring (bicyclic) bond motifs is 1. The summed E-state index contributed by atoms with van der Waals surface area (Å²) in [5, 5.41) is 2.71. The summed E-state index contributed by atoms with van der Waals surface area (Å²) < 4.78 is 3.43. The fraction of sp³-hybridized carbons (Fsp3) is 0.588. The predicted octanol–water partition coefficient (Wildman–Crippen LogP) is 3.06. The smallest absolute Gasteiger partial charge is 0.149 e. The van der Waals surface area contributed by atoms with E-state index in [0.717, 1.165) is 10.2 Å². The molecule has 0 saturated carbocycles. The van der Waals surface area contributed by atoms with E-state index in [-0.39, 0.29) is 0 Å². The third-order valence-electron chi connectivity index (χ3n) is 5.23. The molecule has 4 rings (SSSR count). The Bertz CT molecular complexity index is 606.